The van der Waals surface area contributed by atoms with Crippen LogP contribution in [0.25, 0.3) is 0 Å². The molecule has 2 amide bonds. The highest BCUT2D eigenvalue weighted by molar-refractivity contribution is 6.34. The van der Waals surface area contributed by atoms with Crippen molar-refractivity contribution in [1.29, 1.82) is 0 Å². The number of rotatable bonds is 4. The van der Waals surface area contributed by atoms with E-state index in [0.29, 0.717) is 16.4 Å². The minimum absolute atomic E-state index is 0.0227. The van der Waals surface area contributed by atoms with Gasteiger partial charge in [0.15, 0.2) is 11.7 Å². The number of ether oxygens (including phenoxy) is 1. The molecule has 0 unspecified atom stereocenters. The Kier molecular flexibility index (Phi) is 4.52. The van der Waals surface area contributed by atoms with E-state index in [1.807, 2.05) is 6.07 Å². The molecule has 0 aromatic heterocycles. The van der Waals surface area contributed by atoms with E-state index < -0.39 is 23.8 Å². The smallest absolute Gasteiger partial charge is 0.356 e. The van der Waals surface area contributed by atoms with E-state index >= 15 is 0 Å². The molecule has 1 fully saturated rings. The summed E-state index contributed by atoms with van der Waals surface area (Å²) in [6.07, 6.45) is 0. The number of hydrogen-bond acceptors (Lipinski definition) is 6. The van der Waals surface area contributed by atoms with Gasteiger partial charge in [-0.1, -0.05) is 29.8 Å². The van der Waals surface area contributed by atoms with Crippen molar-refractivity contribution in [3.05, 3.63) is 70.9 Å². The average molecular weight is 398 g/mol. The molecule has 2 aliphatic rings. The van der Waals surface area contributed by atoms with Crippen molar-refractivity contribution in [2.75, 3.05) is 16.5 Å². The van der Waals surface area contributed by atoms with Gasteiger partial charge in [0.2, 0.25) is 0 Å². The van der Waals surface area contributed by atoms with Crippen molar-refractivity contribution < 1.29 is 19.1 Å². The summed E-state index contributed by atoms with van der Waals surface area (Å²) in [5.41, 5.74) is 3.96. The van der Waals surface area contributed by atoms with E-state index in [-0.39, 0.29) is 17.9 Å². The molecule has 0 bridgehead atoms. The maximum Gasteiger partial charge on any atom is 0.356 e. The lowest BCUT2D eigenvalue weighted by molar-refractivity contribution is -0.139. The van der Waals surface area contributed by atoms with Crippen molar-refractivity contribution >= 4 is 40.8 Å². The van der Waals surface area contributed by atoms with E-state index in [1.54, 1.807) is 55.5 Å². The van der Waals surface area contributed by atoms with Crippen LogP contribution in [-0.4, -0.2) is 30.4 Å². The normalized spacial score (nSPS) is 18.4. The van der Waals surface area contributed by atoms with E-state index in [9.17, 15) is 14.4 Å². The van der Waals surface area contributed by atoms with Crippen LogP contribution in [0.15, 0.2) is 65.9 Å². The van der Waals surface area contributed by atoms with Crippen molar-refractivity contribution in [2.45, 2.75) is 13.0 Å². The van der Waals surface area contributed by atoms with Crippen LogP contribution in [0.4, 0.5) is 11.4 Å². The molecule has 1 saturated heterocycles. The van der Waals surface area contributed by atoms with E-state index in [1.165, 1.54) is 5.01 Å². The molecule has 2 aromatic rings. The summed E-state index contributed by atoms with van der Waals surface area (Å²) in [7, 11) is 0. The molecular formula is C20H16ClN3O4. The van der Waals surface area contributed by atoms with Gasteiger partial charge >= 0.3 is 5.97 Å². The largest absolute Gasteiger partial charge is 0.461 e. The van der Waals surface area contributed by atoms with Crippen LogP contribution >= 0.6 is 11.6 Å². The van der Waals surface area contributed by atoms with E-state index in [2.05, 4.69) is 5.43 Å². The molecule has 0 aliphatic carbocycles. The number of fused-ring (bicyclic) bond motifs is 1. The van der Waals surface area contributed by atoms with Gasteiger partial charge in [-0.3, -0.25) is 20.0 Å². The van der Waals surface area contributed by atoms with Gasteiger partial charge in [-0.2, -0.15) is 0 Å². The predicted molar refractivity (Wildman–Crippen MR) is 103 cm³/mol. The number of esters is 1. The predicted octanol–water partition coefficient (Wildman–Crippen LogP) is 2.42. The second-order valence-electron chi connectivity index (χ2n) is 6.18. The lowest BCUT2D eigenvalue weighted by Gasteiger charge is -2.26. The summed E-state index contributed by atoms with van der Waals surface area (Å²) < 4.78 is 5.07. The fourth-order valence-electron chi connectivity index (χ4n) is 3.31. The Balaban J connectivity index is 1.81. The average Bonchev–Trinajstić information content (AvgIpc) is 3.21. The van der Waals surface area contributed by atoms with Gasteiger partial charge in [-0.15, -0.1) is 0 Å². The lowest BCUT2D eigenvalue weighted by atomic mass is 10.1. The molecule has 1 atom stereocenters. The number of hydrazine groups is 1. The number of nitrogens with zero attached hydrogens (tertiary/aromatic N) is 2. The van der Waals surface area contributed by atoms with Crippen molar-refractivity contribution in [3.8, 4) is 0 Å². The minimum atomic E-state index is -0.968. The molecule has 142 valence electrons. The molecule has 2 aromatic carbocycles. The first-order valence-electron chi connectivity index (χ1n) is 8.69. The monoisotopic (exact) mass is 397 g/mol. The van der Waals surface area contributed by atoms with Crippen LogP contribution in [-0.2, 0) is 19.1 Å². The number of para-hydroxylation sites is 1. The van der Waals surface area contributed by atoms with Crippen LogP contribution in [0.1, 0.15) is 6.92 Å². The Hall–Kier alpha value is -3.32. The van der Waals surface area contributed by atoms with Gasteiger partial charge in [-0.05, 0) is 43.3 Å². The zero-order valence-electron chi connectivity index (χ0n) is 14.9. The Labute approximate surface area is 166 Å². The quantitative estimate of drug-likeness (QED) is 0.630. The molecule has 7 nitrogen and oxygen atoms in total. The van der Waals surface area contributed by atoms with Gasteiger partial charge < -0.3 is 4.74 Å². The van der Waals surface area contributed by atoms with Gasteiger partial charge in [0.05, 0.1) is 23.6 Å². The third kappa shape index (κ3) is 2.80. The molecule has 0 saturated carbocycles. The van der Waals surface area contributed by atoms with Gasteiger partial charge in [-0.25, -0.2) is 9.69 Å². The van der Waals surface area contributed by atoms with Crippen LogP contribution in [0.5, 0.6) is 0 Å². The third-order valence-electron chi connectivity index (χ3n) is 4.52. The minimum Gasteiger partial charge on any atom is -0.461 e. The van der Waals surface area contributed by atoms with Crippen molar-refractivity contribution in [3.63, 3.8) is 0 Å². The van der Waals surface area contributed by atoms with Gasteiger partial charge in [0, 0.05) is 5.02 Å². The number of imide groups is 1. The number of hydrogen-bond donors (Lipinski definition) is 1. The maximum atomic E-state index is 13.2. The molecule has 2 aliphatic heterocycles. The molecule has 0 spiro atoms. The number of nitrogens with one attached hydrogen (secondary N) is 1. The first kappa shape index (κ1) is 18.1. The summed E-state index contributed by atoms with van der Waals surface area (Å²) >= 11 is 5.91. The number of benzene rings is 2. The van der Waals surface area contributed by atoms with Crippen LogP contribution in [0.3, 0.4) is 0 Å². The highest BCUT2D eigenvalue weighted by Gasteiger charge is 2.54. The summed E-state index contributed by atoms with van der Waals surface area (Å²) in [6.45, 7) is 1.82. The summed E-state index contributed by atoms with van der Waals surface area (Å²) in [6, 6.07) is 14.4. The summed E-state index contributed by atoms with van der Waals surface area (Å²) in [5.74, 6) is -1.70. The molecular weight excluding hydrogens is 382 g/mol. The second kappa shape index (κ2) is 7.01. The Morgan fingerprint density at radius 2 is 1.75 bits per heavy atom. The second-order valence-corrected chi connectivity index (χ2v) is 6.62. The topological polar surface area (TPSA) is 79.0 Å². The molecule has 0 radical (unpaired) electrons. The number of carbonyl (C=O) groups is 3. The summed E-state index contributed by atoms with van der Waals surface area (Å²) in [4.78, 5) is 39.8. The fraction of sp³-hybridized carbons (Fsp3) is 0.150. The molecule has 2 heterocycles. The van der Waals surface area contributed by atoms with E-state index in [0.717, 1.165) is 4.90 Å². The van der Waals surface area contributed by atoms with Crippen molar-refractivity contribution in [1.82, 2.24) is 5.43 Å². The number of halogens is 1. The Bertz CT molecular complexity index is 988. The molecule has 28 heavy (non-hydrogen) atoms. The standard InChI is InChI=1S/C20H16ClN3O4/c1-2-28-20(27)16-15-17(24(22-16)14-6-4-3-5-7-14)19(26)23(18(15)25)13-10-8-12(21)9-11-13/h3-11,17,22H,2H2,1H3/t17-/m0/s1. The fourth-order valence-corrected chi connectivity index (χ4v) is 3.43. The molecule has 1 N–H and O–H groups in total. The van der Waals surface area contributed by atoms with Gasteiger partial charge in [0.25, 0.3) is 11.8 Å². The first-order valence-corrected chi connectivity index (χ1v) is 9.06. The molecule has 4 rings (SSSR count). The van der Waals surface area contributed by atoms with Gasteiger partial charge in [0.1, 0.15) is 0 Å². The van der Waals surface area contributed by atoms with Crippen LogP contribution in [0.2, 0.25) is 5.02 Å². The SMILES string of the molecule is CCOC(=O)C1=C2C(=O)N(c3ccc(Cl)cc3)C(=O)[C@H]2N(c2ccccc2)N1. The zero-order chi connectivity index (χ0) is 19.8. The molecule has 8 heteroatoms. The number of anilines is 2. The Morgan fingerprint density at radius 3 is 2.39 bits per heavy atom. The lowest BCUT2D eigenvalue weighted by Crippen LogP contribution is -2.46. The highest BCUT2D eigenvalue weighted by Crippen LogP contribution is 2.37. The van der Waals surface area contributed by atoms with Crippen LogP contribution < -0.4 is 15.3 Å². The van der Waals surface area contributed by atoms with Crippen molar-refractivity contribution in [2.24, 2.45) is 0 Å². The third-order valence-corrected chi connectivity index (χ3v) is 4.77. The summed E-state index contributed by atoms with van der Waals surface area (Å²) in [5, 5.41) is 2.00. The zero-order valence-corrected chi connectivity index (χ0v) is 15.6. The first-order chi connectivity index (χ1) is 13.5. The Morgan fingerprint density at radius 1 is 1.07 bits per heavy atom. The maximum absolute atomic E-state index is 13.2. The number of carbonyl (C=O) groups excluding carboxylic acids is 3. The number of amides is 2. The van der Waals surface area contributed by atoms with Crippen LogP contribution in [0, 0.1) is 0 Å². The van der Waals surface area contributed by atoms with E-state index in [4.69, 9.17) is 16.3 Å². The highest BCUT2D eigenvalue weighted by atomic mass is 35.5.